The highest BCUT2D eigenvalue weighted by Crippen LogP contribution is 2.41. The van der Waals surface area contributed by atoms with Crippen molar-refractivity contribution in [1.29, 1.82) is 0 Å². The minimum Gasteiger partial charge on any atom is -0.488 e. The molecule has 10 nitrogen and oxygen atoms in total. The molecule has 2 saturated heterocycles. The number of halogens is 1. The molecule has 2 aliphatic rings. The number of anilines is 1. The Morgan fingerprint density at radius 2 is 2.14 bits per heavy atom. The average molecular weight is 532 g/mol. The zero-order chi connectivity index (χ0) is 26.2. The summed E-state index contributed by atoms with van der Waals surface area (Å²) < 4.78 is 55.4. The zero-order valence-corrected chi connectivity index (χ0v) is 21.6. The number of carbonyl (C=O) groups is 1. The number of nitrogens with zero attached hydrogens (tertiary/aromatic N) is 4. The van der Waals surface area contributed by atoms with Gasteiger partial charge >= 0.3 is 10.2 Å². The maximum atomic E-state index is 14.4. The van der Waals surface area contributed by atoms with Crippen LogP contribution < -0.4 is 14.4 Å². The van der Waals surface area contributed by atoms with Gasteiger partial charge in [0, 0.05) is 38.3 Å². The lowest BCUT2D eigenvalue weighted by Crippen LogP contribution is -2.41. The van der Waals surface area contributed by atoms with Gasteiger partial charge in [0.1, 0.15) is 29.0 Å². The molecule has 3 aromatic rings. The molecule has 2 aromatic heterocycles. The number of pyridine rings is 1. The maximum absolute atomic E-state index is 14.4. The van der Waals surface area contributed by atoms with Crippen molar-refractivity contribution >= 4 is 27.5 Å². The van der Waals surface area contributed by atoms with E-state index in [9.17, 15) is 17.6 Å². The smallest absolute Gasteiger partial charge is 0.303 e. The van der Waals surface area contributed by atoms with Gasteiger partial charge in [-0.3, -0.25) is 9.20 Å². The first-order valence-electron chi connectivity index (χ1n) is 12.3. The fourth-order valence-corrected chi connectivity index (χ4v) is 5.63. The first-order valence-corrected chi connectivity index (χ1v) is 13.8. The van der Waals surface area contributed by atoms with E-state index < -0.39 is 16.1 Å². The largest absolute Gasteiger partial charge is 0.488 e. The first-order chi connectivity index (χ1) is 17.8. The van der Waals surface area contributed by atoms with Crippen molar-refractivity contribution in [2.24, 2.45) is 0 Å². The number of hydrogen-bond acceptors (Lipinski definition) is 7. The van der Waals surface area contributed by atoms with Gasteiger partial charge in [-0.25, -0.2) is 14.1 Å². The monoisotopic (exact) mass is 531 g/mol. The van der Waals surface area contributed by atoms with Gasteiger partial charge < -0.3 is 14.4 Å². The Balaban J connectivity index is 1.45. The van der Waals surface area contributed by atoms with Crippen molar-refractivity contribution in [2.45, 2.75) is 38.3 Å². The molecule has 12 heteroatoms. The second-order valence-corrected chi connectivity index (χ2v) is 11.0. The highest BCUT2D eigenvalue weighted by Gasteiger charge is 2.31. The fraction of sp³-hybridized carbons (Fsp3) is 0.440. The molecule has 0 bridgehead atoms. The number of carbonyl (C=O) groups excluding carboxylic acids is 1. The quantitative estimate of drug-likeness (QED) is 0.477. The van der Waals surface area contributed by atoms with Gasteiger partial charge in [-0.05, 0) is 43.2 Å². The third-order valence-corrected chi connectivity index (χ3v) is 8.42. The fourth-order valence-electron chi connectivity index (χ4n) is 4.80. The molecule has 2 fully saturated rings. The number of imidazole rings is 1. The number of aromatic nitrogens is 2. The number of ether oxygens (including phenoxy) is 2. The van der Waals surface area contributed by atoms with Crippen LogP contribution in [0.15, 0.2) is 42.7 Å². The van der Waals surface area contributed by atoms with E-state index in [0.717, 1.165) is 41.4 Å². The Bertz CT molecular complexity index is 1410. The number of hydrogen-bond donors (Lipinski definition) is 1. The van der Waals surface area contributed by atoms with Crippen molar-refractivity contribution in [1.82, 2.24) is 18.4 Å². The number of amides is 1. The van der Waals surface area contributed by atoms with Crippen LogP contribution in [0.3, 0.4) is 0 Å². The summed E-state index contributed by atoms with van der Waals surface area (Å²) in [4.78, 5) is 19.3. The van der Waals surface area contributed by atoms with Gasteiger partial charge in [0.15, 0.2) is 0 Å². The lowest BCUT2D eigenvalue weighted by atomic mass is 10.0. The van der Waals surface area contributed by atoms with Crippen LogP contribution in [0.5, 0.6) is 5.75 Å². The minimum atomic E-state index is -3.97. The molecule has 0 aliphatic carbocycles. The van der Waals surface area contributed by atoms with Crippen molar-refractivity contribution in [3.05, 3.63) is 59.8 Å². The maximum Gasteiger partial charge on any atom is 0.303 e. The van der Waals surface area contributed by atoms with Gasteiger partial charge in [-0.2, -0.15) is 12.7 Å². The molecule has 0 radical (unpaired) electrons. The van der Waals surface area contributed by atoms with E-state index >= 15 is 0 Å². The Morgan fingerprint density at radius 3 is 2.89 bits per heavy atom. The summed E-state index contributed by atoms with van der Waals surface area (Å²) in [7, 11) is -2.58. The number of fused-ring (bicyclic) bond motifs is 1. The van der Waals surface area contributed by atoms with Gasteiger partial charge in [-0.15, -0.1) is 0 Å². The molecule has 198 valence electrons. The van der Waals surface area contributed by atoms with Crippen molar-refractivity contribution in [3.8, 4) is 5.75 Å². The van der Waals surface area contributed by atoms with Crippen molar-refractivity contribution in [2.75, 3.05) is 38.3 Å². The Kier molecular flexibility index (Phi) is 7.06. The van der Waals surface area contributed by atoms with E-state index in [1.54, 1.807) is 29.7 Å². The van der Waals surface area contributed by atoms with Crippen molar-refractivity contribution in [3.63, 3.8) is 0 Å². The highest BCUT2D eigenvalue weighted by atomic mass is 32.2. The highest BCUT2D eigenvalue weighted by molar-refractivity contribution is 7.87. The first kappa shape index (κ1) is 25.4. The van der Waals surface area contributed by atoms with Crippen LogP contribution in [-0.2, 0) is 14.9 Å². The normalized spacial score (nSPS) is 20.2. The summed E-state index contributed by atoms with van der Waals surface area (Å²) in [6, 6.07) is 8.14. The summed E-state index contributed by atoms with van der Waals surface area (Å²) in [5, 5.41) is 0. The second kappa shape index (κ2) is 10.3. The number of benzene rings is 1. The van der Waals surface area contributed by atoms with E-state index in [1.165, 1.54) is 25.4 Å². The van der Waals surface area contributed by atoms with Crippen LogP contribution in [0.25, 0.3) is 5.65 Å². The predicted molar refractivity (Wildman–Crippen MR) is 135 cm³/mol. The molecular weight excluding hydrogens is 501 g/mol. The zero-order valence-electron chi connectivity index (χ0n) is 20.8. The van der Waals surface area contributed by atoms with E-state index in [4.69, 9.17) is 9.47 Å². The molecule has 0 saturated carbocycles. The van der Waals surface area contributed by atoms with E-state index in [2.05, 4.69) is 14.6 Å². The topological polar surface area (TPSA) is 105 Å². The molecule has 2 unspecified atom stereocenters. The summed E-state index contributed by atoms with van der Waals surface area (Å²) in [5.74, 6) is -0.468. The molecule has 1 amide bonds. The molecule has 5 rings (SSSR count). The van der Waals surface area contributed by atoms with Crippen LogP contribution in [-0.4, -0.2) is 67.5 Å². The van der Waals surface area contributed by atoms with Gasteiger partial charge in [0.25, 0.3) is 5.91 Å². The SMILES string of the molecule is CCN(C)S(=O)(=O)NC(=O)c1cnc2ccc(N3CCCC3c3cc(F)ccc3OC3CCOC3)cn12. The molecule has 1 aromatic carbocycles. The summed E-state index contributed by atoms with van der Waals surface area (Å²) in [6.07, 6.45) is 5.53. The number of nitrogens with one attached hydrogen (secondary N) is 1. The average Bonchev–Trinajstić information content (AvgIpc) is 3.64. The minimum absolute atomic E-state index is 0.0644. The Hall–Kier alpha value is -3.22. The van der Waals surface area contributed by atoms with E-state index in [0.29, 0.717) is 24.6 Å². The van der Waals surface area contributed by atoms with Gasteiger partial charge in [-0.1, -0.05) is 6.92 Å². The van der Waals surface area contributed by atoms with Crippen LogP contribution in [0, 0.1) is 5.82 Å². The molecule has 1 N–H and O–H groups in total. The van der Waals surface area contributed by atoms with E-state index in [1.807, 2.05) is 6.07 Å². The Morgan fingerprint density at radius 1 is 1.30 bits per heavy atom. The Labute approximate surface area is 215 Å². The van der Waals surface area contributed by atoms with Crippen LogP contribution in [0.4, 0.5) is 10.1 Å². The third kappa shape index (κ3) is 5.13. The van der Waals surface area contributed by atoms with E-state index in [-0.39, 0.29) is 30.2 Å². The van der Waals surface area contributed by atoms with Gasteiger partial charge in [0.05, 0.1) is 31.1 Å². The second-order valence-electron chi connectivity index (χ2n) is 9.25. The van der Waals surface area contributed by atoms with Gasteiger partial charge in [0.2, 0.25) is 0 Å². The standard InChI is InChI=1S/C25H30FN5O5S/c1-3-29(2)37(33,34)28-25(32)22-14-27-24-9-7-18(15-31(22)24)30-11-4-5-21(30)20-13-17(26)6-8-23(20)36-19-10-12-35-16-19/h6-9,13-15,19,21H,3-5,10-12,16H2,1-2H3,(H,28,32). The lowest BCUT2D eigenvalue weighted by molar-refractivity contribution is 0.0974. The summed E-state index contributed by atoms with van der Waals surface area (Å²) in [5.41, 5.74) is 2.16. The lowest BCUT2D eigenvalue weighted by Gasteiger charge is -2.29. The summed E-state index contributed by atoms with van der Waals surface area (Å²) >= 11 is 0. The molecule has 4 heterocycles. The molecule has 0 spiro atoms. The number of rotatable bonds is 8. The summed E-state index contributed by atoms with van der Waals surface area (Å²) in [6.45, 7) is 3.78. The molecular formula is C25H30FN5O5S. The molecule has 37 heavy (non-hydrogen) atoms. The molecule has 2 atom stereocenters. The predicted octanol–water partition coefficient (Wildman–Crippen LogP) is 2.91. The van der Waals surface area contributed by atoms with Crippen LogP contribution in [0.2, 0.25) is 0 Å². The third-order valence-electron chi connectivity index (χ3n) is 6.90. The van der Waals surface area contributed by atoms with Crippen LogP contribution in [0.1, 0.15) is 48.3 Å². The van der Waals surface area contributed by atoms with Crippen molar-refractivity contribution < 1.29 is 27.1 Å². The van der Waals surface area contributed by atoms with Crippen LogP contribution >= 0.6 is 0 Å². The molecule has 2 aliphatic heterocycles.